The molecule has 1 unspecified atom stereocenters. The quantitative estimate of drug-likeness (QED) is 0.663. The Hall–Kier alpha value is -2.70. The topological polar surface area (TPSA) is 76.7 Å². The third-order valence-corrected chi connectivity index (χ3v) is 4.61. The molecule has 2 amide bonds. The first-order valence-corrected chi connectivity index (χ1v) is 9.66. The van der Waals surface area contributed by atoms with Gasteiger partial charge in [-0.3, -0.25) is 9.59 Å². The van der Waals surface area contributed by atoms with Gasteiger partial charge in [0.05, 0.1) is 5.54 Å². The number of nitrogens with one attached hydrogen (secondary N) is 2. The minimum Gasteiger partial charge on any atom is -0.484 e. The highest BCUT2D eigenvalue weighted by Gasteiger charge is 2.34. The van der Waals surface area contributed by atoms with E-state index < -0.39 is 5.54 Å². The molecule has 6 nitrogen and oxygen atoms in total. The van der Waals surface area contributed by atoms with E-state index in [1.54, 1.807) is 54.6 Å². The molecule has 0 aromatic heterocycles. The minimum atomic E-state index is -0.533. The number of halogens is 2. The number of hydrogen-bond acceptors (Lipinski definition) is 4. The molecule has 1 aliphatic carbocycles. The van der Waals surface area contributed by atoms with Crippen LogP contribution in [-0.4, -0.2) is 30.6 Å². The molecule has 0 bridgehead atoms. The number of ether oxygens (including phenoxy) is 2. The zero-order valence-electron chi connectivity index (χ0n) is 15.7. The van der Waals surface area contributed by atoms with E-state index >= 15 is 0 Å². The predicted octanol–water partition coefficient (Wildman–Crippen LogP) is 3.73. The molecule has 0 saturated carbocycles. The van der Waals surface area contributed by atoms with Crippen LogP contribution in [0.25, 0.3) is 0 Å². The Morgan fingerprint density at radius 3 is 2.31 bits per heavy atom. The molecule has 0 radical (unpaired) electrons. The molecule has 1 aliphatic rings. The summed E-state index contributed by atoms with van der Waals surface area (Å²) in [6.07, 6.45) is 2.30. The molecule has 29 heavy (non-hydrogen) atoms. The molecule has 2 N–H and O–H groups in total. The van der Waals surface area contributed by atoms with E-state index in [0.29, 0.717) is 28.0 Å². The van der Waals surface area contributed by atoms with Crippen molar-refractivity contribution in [2.75, 3.05) is 13.2 Å². The highest BCUT2D eigenvalue weighted by Crippen LogP contribution is 2.28. The van der Waals surface area contributed by atoms with Crippen molar-refractivity contribution in [1.82, 2.24) is 10.6 Å². The highest BCUT2D eigenvalue weighted by atomic mass is 35.5. The fourth-order valence-electron chi connectivity index (χ4n) is 2.87. The number of rotatable bonds is 8. The van der Waals surface area contributed by atoms with E-state index in [-0.39, 0.29) is 25.0 Å². The fraction of sp³-hybridized carbons (Fsp3) is 0.238. The van der Waals surface area contributed by atoms with Crippen molar-refractivity contribution < 1.29 is 19.1 Å². The second kappa shape index (κ2) is 9.20. The second-order valence-corrected chi connectivity index (χ2v) is 7.72. The third-order valence-electron chi connectivity index (χ3n) is 4.13. The van der Waals surface area contributed by atoms with E-state index in [2.05, 4.69) is 10.6 Å². The zero-order chi connectivity index (χ0) is 20.9. The molecule has 152 valence electrons. The third kappa shape index (κ3) is 6.41. The number of hydrogen-bond donors (Lipinski definition) is 2. The smallest absolute Gasteiger partial charge is 0.262 e. The highest BCUT2D eigenvalue weighted by molar-refractivity contribution is 6.30. The summed E-state index contributed by atoms with van der Waals surface area (Å²) in [5.74, 6) is 0.545. The Bertz CT molecular complexity index is 931. The summed E-state index contributed by atoms with van der Waals surface area (Å²) in [5, 5.41) is 6.78. The number of carbonyl (C=O) groups is 2. The van der Waals surface area contributed by atoms with Crippen LogP contribution in [0.4, 0.5) is 0 Å². The van der Waals surface area contributed by atoms with Gasteiger partial charge in [0.2, 0.25) is 0 Å². The average Bonchev–Trinajstić information content (AvgIpc) is 2.65. The Morgan fingerprint density at radius 1 is 0.966 bits per heavy atom. The maximum absolute atomic E-state index is 12.1. The molecule has 2 aromatic rings. The molecule has 3 rings (SSSR count). The standard InChI is InChI=1S/C21H20Cl2N2O4/c1-21(25-20(27)13-29-18-4-2-3-15(23)9-18)10-16(11-21)24-19(26)12-28-17-7-5-14(22)6-8-17/h2-10H,11-13H2,1H3,(H,24,26)(H,25,27). The van der Waals surface area contributed by atoms with Crippen LogP contribution >= 0.6 is 23.2 Å². The largest absolute Gasteiger partial charge is 0.484 e. The average molecular weight is 435 g/mol. The molecule has 0 aliphatic heterocycles. The summed E-state index contributed by atoms with van der Waals surface area (Å²) in [5.41, 5.74) is 0.197. The Morgan fingerprint density at radius 2 is 1.62 bits per heavy atom. The number of benzene rings is 2. The molecular weight excluding hydrogens is 415 g/mol. The zero-order valence-corrected chi connectivity index (χ0v) is 17.2. The Balaban J connectivity index is 1.40. The van der Waals surface area contributed by atoms with E-state index in [1.807, 2.05) is 6.92 Å². The monoisotopic (exact) mass is 434 g/mol. The van der Waals surface area contributed by atoms with Gasteiger partial charge < -0.3 is 20.1 Å². The lowest BCUT2D eigenvalue weighted by molar-refractivity contribution is -0.124. The van der Waals surface area contributed by atoms with E-state index in [9.17, 15) is 9.59 Å². The van der Waals surface area contributed by atoms with Gasteiger partial charge in [-0.15, -0.1) is 0 Å². The first-order valence-electron chi connectivity index (χ1n) is 8.91. The van der Waals surface area contributed by atoms with Gasteiger partial charge in [0.25, 0.3) is 11.8 Å². The molecule has 1 atom stereocenters. The van der Waals surface area contributed by atoms with E-state index in [4.69, 9.17) is 32.7 Å². The first-order chi connectivity index (χ1) is 13.8. The molecular formula is C21H20Cl2N2O4. The summed E-state index contributed by atoms with van der Waals surface area (Å²) in [6.45, 7) is 1.63. The van der Waals surface area contributed by atoms with Crippen LogP contribution in [0.3, 0.4) is 0 Å². The van der Waals surface area contributed by atoms with Crippen molar-refractivity contribution in [1.29, 1.82) is 0 Å². The molecule has 0 saturated heterocycles. The SMILES string of the molecule is CC1(NC(=O)COc2cccc(Cl)c2)C=C(NC(=O)COc2ccc(Cl)cc2)C1. The van der Waals surface area contributed by atoms with Crippen molar-refractivity contribution in [3.05, 3.63) is 70.3 Å². The summed E-state index contributed by atoms with van der Waals surface area (Å²) < 4.78 is 10.8. The molecule has 8 heteroatoms. The lowest BCUT2D eigenvalue weighted by Gasteiger charge is -2.37. The van der Waals surface area contributed by atoms with Gasteiger partial charge in [-0.2, -0.15) is 0 Å². The second-order valence-electron chi connectivity index (χ2n) is 6.85. The van der Waals surface area contributed by atoms with Crippen LogP contribution in [0.5, 0.6) is 11.5 Å². The van der Waals surface area contributed by atoms with Gasteiger partial charge in [-0.1, -0.05) is 29.3 Å². The fourth-order valence-corrected chi connectivity index (χ4v) is 3.17. The lowest BCUT2D eigenvalue weighted by atomic mass is 9.84. The minimum absolute atomic E-state index is 0.116. The van der Waals surface area contributed by atoms with Crippen LogP contribution in [0.1, 0.15) is 13.3 Å². The van der Waals surface area contributed by atoms with Crippen molar-refractivity contribution in [3.63, 3.8) is 0 Å². The Kier molecular flexibility index (Phi) is 6.67. The van der Waals surface area contributed by atoms with Gasteiger partial charge in [0, 0.05) is 22.2 Å². The van der Waals surface area contributed by atoms with E-state index in [0.717, 1.165) is 5.70 Å². The van der Waals surface area contributed by atoms with Crippen LogP contribution in [0, 0.1) is 0 Å². The normalized spacial score (nSPS) is 17.6. The van der Waals surface area contributed by atoms with Crippen molar-refractivity contribution in [2.24, 2.45) is 0 Å². The first kappa shape index (κ1) is 21.0. The maximum Gasteiger partial charge on any atom is 0.262 e. The summed E-state index contributed by atoms with van der Waals surface area (Å²) in [4.78, 5) is 24.1. The van der Waals surface area contributed by atoms with Gasteiger partial charge in [0.1, 0.15) is 11.5 Å². The number of amides is 2. The molecule has 0 heterocycles. The Labute approximate surface area is 178 Å². The lowest BCUT2D eigenvalue weighted by Crippen LogP contribution is -2.53. The summed E-state index contributed by atoms with van der Waals surface area (Å²) in [7, 11) is 0. The molecule has 0 spiro atoms. The van der Waals surface area contributed by atoms with E-state index in [1.165, 1.54) is 0 Å². The number of carbonyl (C=O) groups excluding carboxylic acids is 2. The van der Waals surface area contributed by atoms with Crippen LogP contribution < -0.4 is 20.1 Å². The van der Waals surface area contributed by atoms with Gasteiger partial charge in [0.15, 0.2) is 13.2 Å². The predicted molar refractivity (Wildman–Crippen MR) is 111 cm³/mol. The van der Waals surface area contributed by atoms with Crippen molar-refractivity contribution in [2.45, 2.75) is 18.9 Å². The van der Waals surface area contributed by atoms with Crippen LogP contribution in [0.2, 0.25) is 10.0 Å². The van der Waals surface area contributed by atoms with Gasteiger partial charge >= 0.3 is 0 Å². The molecule has 2 aromatic carbocycles. The summed E-state index contributed by atoms with van der Waals surface area (Å²) >= 11 is 11.7. The van der Waals surface area contributed by atoms with Crippen LogP contribution in [-0.2, 0) is 9.59 Å². The van der Waals surface area contributed by atoms with Crippen molar-refractivity contribution >= 4 is 35.0 Å². The van der Waals surface area contributed by atoms with Gasteiger partial charge in [-0.25, -0.2) is 0 Å². The van der Waals surface area contributed by atoms with Gasteiger partial charge in [-0.05, 0) is 55.5 Å². The maximum atomic E-state index is 12.1. The summed E-state index contributed by atoms with van der Waals surface area (Å²) in [6, 6.07) is 13.6. The van der Waals surface area contributed by atoms with Crippen LogP contribution in [0.15, 0.2) is 60.3 Å². The molecule has 0 fully saturated rings. The van der Waals surface area contributed by atoms with Crippen molar-refractivity contribution in [3.8, 4) is 11.5 Å².